The second kappa shape index (κ2) is 22.8. The van der Waals surface area contributed by atoms with Crippen molar-refractivity contribution in [3.8, 4) is 0 Å². The molecule has 1 aromatic carbocycles. The molecule has 0 fully saturated rings. The van der Waals surface area contributed by atoms with Gasteiger partial charge in [-0.3, -0.25) is 0 Å². The third kappa shape index (κ3) is 45.0. The van der Waals surface area contributed by atoms with Crippen LogP contribution in [-0.2, 0) is 15.0 Å². The van der Waals surface area contributed by atoms with Gasteiger partial charge < -0.3 is 0 Å². The van der Waals surface area contributed by atoms with Gasteiger partial charge in [-0.2, -0.15) is 84.3 Å². The molecule has 108 valence electrons. The van der Waals surface area contributed by atoms with E-state index in [2.05, 4.69) is 149 Å². The Morgan fingerprint density at radius 1 is 0.684 bits per heavy atom. The summed E-state index contributed by atoms with van der Waals surface area (Å²) in [6.07, 6.45) is 0. The van der Waals surface area contributed by atoms with Gasteiger partial charge in [0, 0.05) is 0 Å². The SMILES string of the molecule is Cc1ccc(C)cc1.[Br][Al]([Br])[Br].[Br][Al]([Br])[Br].[Br][Ti][Br]. The number of aryl methyl sites for hydroxylation is 2. The standard InChI is InChI=1S/C8H10.2Al.8BrH.Ti/c1-7-3-5-8(2)6-4-7;;;;;;;;;;;/h3-6H,1-2H3;;;8*1H;/q;2*+3;;;;;;;;;+2/p-8. The van der Waals surface area contributed by atoms with E-state index in [9.17, 15) is 0 Å². The van der Waals surface area contributed by atoms with Gasteiger partial charge in [-0.25, -0.2) is 0 Å². The summed E-state index contributed by atoms with van der Waals surface area (Å²) in [6, 6.07) is 8.48. The van der Waals surface area contributed by atoms with Crippen LogP contribution in [0.15, 0.2) is 24.3 Å². The molecule has 0 aliphatic heterocycles. The average Bonchev–Trinajstić information content (AvgIpc) is 2.22. The van der Waals surface area contributed by atoms with Crippen LogP contribution in [-0.4, -0.2) is 17.3 Å². The van der Waals surface area contributed by atoms with Gasteiger partial charge in [0.1, 0.15) is 0 Å². The quantitative estimate of drug-likeness (QED) is 0.231. The second-order valence-corrected chi connectivity index (χ2v) is 50.2. The minimum absolute atomic E-state index is 0.125. The Labute approximate surface area is 188 Å². The van der Waals surface area contributed by atoms with Gasteiger partial charge in [0.15, 0.2) is 0 Å². The van der Waals surface area contributed by atoms with Crippen LogP contribution in [0.25, 0.3) is 0 Å². The van der Waals surface area contributed by atoms with Gasteiger partial charge in [-0.05, 0) is 13.8 Å². The number of rotatable bonds is 0. The summed E-state index contributed by atoms with van der Waals surface area (Å²) in [7, 11) is -1.40. The van der Waals surface area contributed by atoms with Crippen molar-refractivity contribution in [2.24, 2.45) is 0 Å². The molecule has 0 saturated heterocycles. The normalized spacial score (nSPS) is 7.47. The Kier molecular flexibility index (Phi) is 34.4. The van der Waals surface area contributed by atoms with Gasteiger partial charge in [0.25, 0.3) is 0 Å². The summed E-state index contributed by atoms with van der Waals surface area (Å²) in [5.41, 5.74) is 2.66. The molecule has 19 heavy (non-hydrogen) atoms. The van der Waals surface area contributed by atoms with Gasteiger partial charge >= 0.3 is 58.6 Å². The summed E-state index contributed by atoms with van der Waals surface area (Å²) < 4.78 is 0. The second-order valence-electron chi connectivity index (χ2n) is 2.72. The molecule has 0 spiro atoms. The van der Waals surface area contributed by atoms with Crippen molar-refractivity contribution in [1.82, 2.24) is 0 Å². The first-order valence-corrected chi connectivity index (χ1v) is 31.3. The molecule has 0 heterocycles. The van der Waals surface area contributed by atoms with E-state index in [1.54, 1.807) is 0 Å². The third-order valence-corrected chi connectivity index (χ3v) is 1.22. The predicted octanol–water partition coefficient (Wildman–Crippen LogP) is 8.30. The van der Waals surface area contributed by atoms with Crippen LogP contribution in [0.2, 0.25) is 0 Å². The topological polar surface area (TPSA) is 0 Å². The van der Waals surface area contributed by atoms with Crippen LogP contribution in [0, 0.1) is 13.8 Å². The zero-order valence-electron chi connectivity index (χ0n) is 9.99. The number of hydrogen-bond acceptors (Lipinski definition) is 0. The zero-order chi connectivity index (χ0) is 15.8. The van der Waals surface area contributed by atoms with Crippen molar-refractivity contribution in [1.29, 1.82) is 0 Å². The van der Waals surface area contributed by atoms with Crippen molar-refractivity contribution in [3.63, 3.8) is 0 Å². The average molecular weight is 847 g/mol. The van der Waals surface area contributed by atoms with Crippen molar-refractivity contribution >= 4 is 128 Å². The molecule has 0 saturated carbocycles. The Morgan fingerprint density at radius 3 is 0.895 bits per heavy atom. The maximum atomic E-state index is 3.24. The molecular formula is C8H10Al2Br8Ti. The summed E-state index contributed by atoms with van der Waals surface area (Å²) >= 11 is 26.0. The fraction of sp³-hybridized carbons (Fsp3) is 0.250. The van der Waals surface area contributed by atoms with Crippen LogP contribution in [0.4, 0.5) is 0 Å². The van der Waals surface area contributed by atoms with Gasteiger partial charge in [-0.1, -0.05) is 35.4 Å². The Hall–Kier alpha value is 4.84. The van der Waals surface area contributed by atoms with Crippen LogP contribution in [0.1, 0.15) is 11.1 Å². The van der Waals surface area contributed by atoms with Crippen LogP contribution >= 0.6 is 111 Å². The first kappa shape index (κ1) is 28.6. The molecule has 0 aliphatic carbocycles. The summed E-state index contributed by atoms with van der Waals surface area (Å²) in [5, 5.41) is 0. The molecule has 0 nitrogen and oxygen atoms in total. The van der Waals surface area contributed by atoms with Crippen LogP contribution in [0.3, 0.4) is 0 Å². The number of halogens is 8. The monoisotopic (exact) mass is 839 g/mol. The van der Waals surface area contributed by atoms with Crippen LogP contribution < -0.4 is 0 Å². The first-order chi connectivity index (χ1) is 8.67. The Morgan fingerprint density at radius 2 is 0.789 bits per heavy atom. The molecule has 0 N–H and O–H groups in total. The number of hydrogen-bond donors (Lipinski definition) is 0. The van der Waals surface area contributed by atoms with E-state index < -0.39 is 17.3 Å². The van der Waals surface area contributed by atoms with E-state index >= 15 is 0 Å². The molecule has 0 aromatic heterocycles. The maximum absolute atomic E-state index is 3.24. The molecule has 1 aromatic rings. The van der Waals surface area contributed by atoms with E-state index in [-0.39, 0.29) is 15.0 Å². The van der Waals surface area contributed by atoms with Crippen molar-refractivity contribution in [2.45, 2.75) is 13.8 Å². The molecule has 0 atom stereocenters. The third-order valence-electron chi connectivity index (χ3n) is 1.22. The van der Waals surface area contributed by atoms with E-state index in [0.29, 0.717) is 0 Å². The van der Waals surface area contributed by atoms with Gasteiger partial charge in [-0.15, -0.1) is 0 Å². The van der Waals surface area contributed by atoms with E-state index in [1.807, 2.05) is 0 Å². The predicted molar refractivity (Wildman–Crippen MR) is 119 cm³/mol. The van der Waals surface area contributed by atoms with E-state index in [0.717, 1.165) is 0 Å². The van der Waals surface area contributed by atoms with Gasteiger partial charge in [0.05, 0.1) is 0 Å². The van der Waals surface area contributed by atoms with E-state index in [1.165, 1.54) is 11.1 Å². The molecule has 0 unspecified atom stereocenters. The summed E-state index contributed by atoms with van der Waals surface area (Å²) in [6.45, 7) is 4.19. The Balaban J connectivity index is -0.000000200. The molecule has 0 radical (unpaired) electrons. The van der Waals surface area contributed by atoms with E-state index in [4.69, 9.17) is 0 Å². The summed E-state index contributed by atoms with van der Waals surface area (Å²) in [4.78, 5) is 0. The molecule has 1 rings (SSSR count). The molecule has 0 bridgehead atoms. The van der Waals surface area contributed by atoms with Crippen molar-refractivity contribution in [2.75, 3.05) is 0 Å². The number of benzene rings is 1. The fourth-order valence-corrected chi connectivity index (χ4v) is 0.637. The van der Waals surface area contributed by atoms with Crippen molar-refractivity contribution in [3.05, 3.63) is 35.4 Å². The fourth-order valence-electron chi connectivity index (χ4n) is 0.637. The molecule has 0 amide bonds. The minimum atomic E-state index is -0.701. The molecular weight excluding hydrogens is 837 g/mol. The van der Waals surface area contributed by atoms with Gasteiger partial charge in [0.2, 0.25) is 0 Å². The Bertz CT molecular complexity index is 239. The van der Waals surface area contributed by atoms with Crippen molar-refractivity contribution < 1.29 is 15.0 Å². The summed E-state index contributed by atoms with van der Waals surface area (Å²) in [5.74, 6) is 0. The molecule has 11 heteroatoms. The zero-order valence-corrected chi connectivity index (χ0v) is 26.5. The first-order valence-electron chi connectivity index (χ1n) is 4.51. The molecule has 0 aliphatic rings. The van der Waals surface area contributed by atoms with Crippen LogP contribution in [0.5, 0.6) is 0 Å².